The second-order valence-electron chi connectivity index (χ2n) is 5.23. The summed E-state index contributed by atoms with van der Waals surface area (Å²) in [5, 5.41) is 8.97. The van der Waals surface area contributed by atoms with Crippen LogP contribution in [-0.2, 0) is 9.59 Å². The van der Waals surface area contributed by atoms with Crippen molar-refractivity contribution in [1.82, 2.24) is 4.90 Å². The van der Waals surface area contributed by atoms with E-state index in [0.29, 0.717) is 6.54 Å². The van der Waals surface area contributed by atoms with Crippen molar-refractivity contribution in [3.05, 3.63) is 11.6 Å². The van der Waals surface area contributed by atoms with Crippen molar-refractivity contribution in [1.29, 1.82) is 5.26 Å². The molecule has 0 N–H and O–H groups in total. The predicted octanol–water partition coefficient (Wildman–Crippen LogP) is 1.14. The van der Waals surface area contributed by atoms with E-state index in [9.17, 15) is 9.59 Å². The molecule has 1 amide bonds. The molecule has 0 aromatic rings. The maximum atomic E-state index is 12.3. The van der Waals surface area contributed by atoms with Crippen LogP contribution in [0.4, 0.5) is 0 Å². The van der Waals surface area contributed by atoms with Gasteiger partial charge in [-0.25, -0.2) is 0 Å². The summed E-state index contributed by atoms with van der Waals surface area (Å²) in [6.45, 7) is 4.36. The third-order valence-electron chi connectivity index (χ3n) is 4.20. The first-order valence-electron chi connectivity index (χ1n) is 5.84. The largest absolute Gasteiger partial charge is 0.345 e. The Kier molecular flexibility index (Phi) is 2.57. The third-order valence-corrected chi connectivity index (χ3v) is 4.20. The van der Waals surface area contributed by atoms with E-state index in [1.807, 2.05) is 19.9 Å². The topological polar surface area (TPSA) is 61.2 Å². The molecule has 2 rings (SSSR count). The maximum absolute atomic E-state index is 12.3. The first-order valence-corrected chi connectivity index (χ1v) is 5.84. The van der Waals surface area contributed by atoms with Crippen LogP contribution in [0.3, 0.4) is 0 Å². The Morgan fingerprint density at radius 1 is 1.53 bits per heavy atom. The second-order valence-corrected chi connectivity index (χ2v) is 5.23. The zero-order valence-electron chi connectivity index (χ0n) is 10.4. The molecule has 4 nitrogen and oxygen atoms in total. The summed E-state index contributed by atoms with van der Waals surface area (Å²) in [4.78, 5) is 25.9. The Balaban J connectivity index is 2.54. The van der Waals surface area contributed by atoms with Crippen molar-refractivity contribution in [3.8, 4) is 6.07 Å². The molecule has 2 aliphatic rings. The van der Waals surface area contributed by atoms with Crippen LogP contribution in [0.15, 0.2) is 11.6 Å². The number of ketones is 1. The number of allylic oxidation sites excluding steroid dienone is 1. The average Bonchev–Trinajstić information content (AvgIpc) is 2.31. The van der Waals surface area contributed by atoms with Gasteiger partial charge >= 0.3 is 0 Å². The zero-order chi connectivity index (χ0) is 12.8. The summed E-state index contributed by atoms with van der Waals surface area (Å²) in [6, 6.07) is 1.92. The van der Waals surface area contributed by atoms with Crippen molar-refractivity contribution in [3.63, 3.8) is 0 Å². The molecule has 1 aliphatic heterocycles. The fourth-order valence-electron chi connectivity index (χ4n) is 3.13. The Bertz CT molecular complexity index is 461. The van der Waals surface area contributed by atoms with E-state index in [0.717, 1.165) is 6.42 Å². The van der Waals surface area contributed by atoms with Crippen molar-refractivity contribution in [2.24, 2.45) is 17.3 Å². The SMILES string of the molecule is C[C@H]1C(=O)C(C#N)=C[C@@]2(C)C(=O)N(C)CC[C@H]12. The number of amides is 1. The van der Waals surface area contributed by atoms with E-state index < -0.39 is 5.41 Å². The molecule has 1 aliphatic carbocycles. The number of carbonyl (C=O) groups excluding carboxylic acids is 2. The predicted molar refractivity (Wildman–Crippen MR) is 61.7 cm³/mol. The molecule has 0 spiro atoms. The molecular formula is C13H16N2O2. The summed E-state index contributed by atoms with van der Waals surface area (Å²) < 4.78 is 0. The van der Waals surface area contributed by atoms with Gasteiger partial charge in [0.1, 0.15) is 6.07 Å². The minimum atomic E-state index is -0.689. The fourth-order valence-corrected chi connectivity index (χ4v) is 3.13. The maximum Gasteiger partial charge on any atom is 0.232 e. The van der Waals surface area contributed by atoms with Gasteiger partial charge in [-0.05, 0) is 25.3 Å². The number of nitriles is 1. The van der Waals surface area contributed by atoms with Crippen molar-refractivity contribution in [2.75, 3.05) is 13.6 Å². The lowest BCUT2D eigenvalue weighted by Gasteiger charge is -2.46. The third kappa shape index (κ3) is 1.49. The molecule has 0 aromatic heterocycles. The minimum Gasteiger partial charge on any atom is -0.345 e. The van der Waals surface area contributed by atoms with Crippen molar-refractivity contribution >= 4 is 11.7 Å². The highest BCUT2D eigenvalue weighted by molar-refractivity contribution is 6.04. The highest BCUT2D eigenvalue weighted by atomic mass is 16.2. The van der Waals surface area contributed by atoms with Gasteiger partial charge in [0.2, 0.25) is 5.91 Å². The number of fused-ring (bicyclic) bond motifs is 1. The van der Waals surface area contributed by atoms with Crippen LogP contribution in [-0.4, -0.2) is 30.2 Å². The molecule has 3 atom stereocenters. The van der Waals surface area contributed by atoms with E-state index >= 15 is 0 Å². The average molecular weight is 232 g/mol. The van der Waals surface area contributed by atoms with Gasteiger partial charge in [0.05, 0.1) is 11.0 Å². The van der Waals surface area contributed by atoms with Gasteiger partial charge in [-0.2, -0.15) is 5.26 Å². The normalized spacial score (nSPS) is 37.3. The van der Waals surface area contributed by atoms with Gasteiger partial charge < -0.3 is 4.90 Å². The molecule has 1 fully saturated rings. The lowest BCUT2D eigenvalue weighted by Crippen LogP contribution is -2.54. The number of Topliss-reactive ketones (excluding diaryl/α,β-unsaturated/α-hetero) is 1. The van der Waals surface area contributed by atoms with Crippen LogP contribution in [0.5, 0.6) is 0 Å². The van der Waals surface area contributed by atoms with Gasteiger partial charge in [0.25, 0.3) is 0 Å². The molecule has 4 heteroatoms. The molecular weight excluding hydrogens is 216 g/mol. The van der Waals surface area contributed by atoms with E-state index in [1.165, 1.54) is 0 Å². The van der Waals surface area contributed by atoms with Crippen molar-refractivity contribution < 1.29 is 9.59 Å². The van der Waals surface area contributed by atoms with Crippen LogP contribution < -0.4 is 0 Å². The highest BCUT2D eigenvalue weighted by Crippen LogP contribution is 2.46. The molecule has 0 saturated carbocycles. The summed E-state index contributed by atoms with van der Waals surface area (Å²) in [7, 11) is 1.77. The van der Waals surface area contributed by atoms with Crippen LogP contribution >= 0.6 is 0 Å². The Morgan fingerprint density at radius 2 is 2.18 bits per heavy atom. The Labute approximate surface area is 101 Å². The van der Waals surface area contributed by atoms with E-state index in [2.05, 4.69) is 0 Å². The highest BCUT2D eigenvalue weighted by Gasteiger charge is 2.51. The number of hydrogen-bond donors (Lipinski definition) is 0. The molecule has 1 heterocycles. The summed E-state index contributed by atoms with van der Waals surface area (Å²) in [6.07, 6.45) is 2.40. The summed E-state index contributed by atoms with van der Waals surface area (Å²) in [5.41, 5.74) is -0.550. The zero-order valence-corrected chi connectivity index (χ0v) is 10.4. The molecule has 17 heavy (non-hydrogen) atoms. The Hall–Kier alpha value is -1.63. The van der Waals surface area contributed by atoms with Crippen LogP contribution in [0.2, 0.25) is 0 Å². The number of hydrogen-bond acceptors (Lipinski definition) is 3. The lowest BCUT2D eigenvalue weighted by atomic mass is 9.61. The van der Waals surface area contributed by atoms with E-state index in [4.69, 9.17) is 5.26 Å². The molecule has 0 bridgehead atoms. The first-order chi connectivity index (χ1) is 7.91. The quantitative estimate of drug-likeness (QED) is 0.629. The number of nitrogens with zero attached hydrogens (tertiary/aromatic N) is 2. The standard InChI is InChI=1S/C13H16N2O2/c1-8-10-4-5-15(3)12(17)13(10,2)6-9(7-14)11(8)16/h6,8,10H,4-5H2,1-3H3/t8-,10-,13-/m1/s1. The fraction of sp³-hybridized carbons (Fsp3) is 0.615. The van der Waals surface area contributed by atoms with Gasteiger partial charge in [-0.1, -0.05) is 6.92 Å². The number of piperidine rings is 1. The van der Waals surface area contributed by atoms with Gasteiger partial charge in [0, 0.05) is 19.5 Å². The van der Waals surface area contributed by atoms with Gasteiger partial charge in [-0.3, -0.25) is 9.59 Å². The van der Waals surface area contributed by atoms with E-state index in [-0.39, 0.29) is 29.1 Å². The molecule has 1 saturated heterocycles. The minimum absolute atomic E-state index is 0.0147. The van der Waals surface area contributed by atoms with Crippen LogP contribution in [0.1, 0.15) is 20.3 Å². The molecule has 0 unspecified atom stereocenters. The molecule has 0 aromatic carbocycles. The smallest absolute Gasteiger partial charge is 0.232 e. The molecule has 90 valence electrons. The summed E-state index contributed by atoms with van der Waals surface area (Å²) in [5.74, 6) is -0.318. The summed E-state index contributed by atoms with van der Waals surface area (Å²) >= 11 is 0. The van der Waals surface area contributed by atoms with Crippen LogP contribution in [0.25, 0.3) is 0 Å². The number of rotatable bonds is 0. The van der Waals surface area contributed by atoms with Crippen LogP contribution in [0, 0.1) is 28.6 Å². The van der Waals surface area contributed by atoms with Gasteiger partial charge in [0.15, 0.2) is 5.78 Å². The van der Waals surface area contributed by atoms with Crippen molar-refractivity contribution in [2.45, 2.75) is 20.3 Å². The monoisotopic (exact) mass is 232 g/mol. The van der Waals surface area contributed by atoms with Gasteiger partial charge in [-0.15, -0.1) is 0 Å². The van der Waals surface area contributed by atoms with E-state index in [1.54, 1.807) is 18.0 Å². The first kappa shape index (κ1) is 11.8. The second kappa shape index (κ2) is 3.69. The lowest BCUT2D eigenvalue weighted by molar-refractivity contribution is -0.148. The number of likely N-dealkylation sites (tertiary alicyclic amines) is 1. The molecule has 0 radical (unpaired) electrons. The number of carbonyl (C=O) groups is 2. The Morgan fingerprint density at radius 3 is 2.76 bits per heavy atom.